The van der Waals surface area contributed by atoms with Gasteiger partial charge in [-0.05, 0) is 19.3 Å². The summed E-state index contributed by atoms with van der Waals surface area (Å²) in [6, 6.07) is -0.0385. The van der Waals surface area contributed by atoms with Crippen molar-refractivity contribution in [2.45, 2.75) is 52.1 Å². The lowest BCUT2D eigenvalue weighted by molar-refractivity contribution is -0.130. The summed E-state index contributed by atoms with van der Waals surface area (Å²) >= 11 is 0. The van der Waals surface area contributed by atoms with E-state index in [0.29, 0.717) is 39.0 Å². The number of rotatable bonds is 5. The number of nitrogens with one attached hydrogen (secondary N) is 1. The van der Waals surface area contributed by atoms with Gasteiger partial charge >= 0.3 is 6.03 Å². The SMILES string of the molecule is CCCNC(=O)N1CCn2nnc(CCC(=O)N3CCCC3)c2C1. The lowest BCUT2D eigenvalue weighted by Gasteiger charge is -2.27. The molecule has 0 saturated carbocycles. The Morgan fingerprint density at radius 3 is 2.67 bits per heavy atom. The first-order valence-corrected chi connectivity index (χ1v) is 8.91. The van der Waals surface area contributed by atoms with Gasteiger partial charge in [0.05, 0.1) is 24.5 Å². The van der Waals surface area contributed by atoms with E-state index < -0.39 is 0 Å². The van der Waals surface area contributed by atoms with Crippen molar-refractivity contribution < 1.29 is 9.59 Å². The quantitative estimate of drug-likeness (QED) is 0.862. The molecule has 0 unspecified atom stereocenters. The summed E-state index contributed by atoms with van der Waals surface area (Å²) in [4.78, 5) is 28.1. The van der Waals surface area contributed by atoms with Crippen molar-refractivity contribution >= 4 is 11.9 Å². The molecule has 0 spiro atoms. The largest absolute Gasteiger partial charge is 0.343 e. The van der Waals surface area contributed by atoms with Crippen LogP contribution in [0.4, 0.5) is 4.79 Å². The van der Waals surface area contributed by atoms with Gasteiger partial charge in [0.1, 0.15) is 0 Å². The van der Waals surface area contributed by atoms with E-state index in [2.05, 4.69) is 15.6 Å². The van der Waals surface area contributed by atoms with Gasteiger partial charge in [-0.25, -0.2) is 9.48 Å². The number of carbonyl (C=O) groups is 2. The van der Waals surface area contributed by atoms with E-state index in [4.69, 9.17) is 0 Å². The first-order valence-electron chi connectivity index (χ1n) is 8.91. The van der Waals surface area contributed by atoms with Gasteiger partial charge in [0.15, 0.2) is 0 Å². The molecular formula is C16H26N6O2. The summed E-state index contributed by atoms with van der Waals surface area (Å²) in [7, 11) is 0. The number of aryl methyl sites for hydroxylation is 1. The second-order valence-electron chi connectivity index (χ2n) is 6.45. The zero-order valence-electron chi connectivity index (χ0n) is 14.3. The first-order chi connectivity index (χ1) is 11.7. The van der Waals surface area contributed by atoms with E-state index in [-0.39, 0.29) is 11.9 Å². The van der Waals surface area contributed by atoms with E-state index in [1.165, 1.54) is 0 Å². The van der Waals surface area contributed by atoms with Gasteiger partial charge in [-0.2, -0.15) is 0 Å². The average molecular weight is 334 g/mol. The number of aromatic nitrogens is 3. The van der Waals surface area contributed by atoms with Crippen LogP contribution in [0, 0.1) is 0 Å². The molecule has 0 aliphatic carbocycles. The molecule has 0 atom stereocenters. The van der Waals surface area contributed by atoms with Crippen LogP contribution in [-0.4, -0.2) is 62.9 Å². The monoisotopic (exact) mass is 334 g/mol. The van der Waals surface area contributed by atoms with Gasteiger partial charge in [0.2, 0.25) is 5.91 Å². The molecule has 1 saturated heterocycles. The highest BCUT2D eigenvalue weighted by Gasteiger charge is 2.25. The number of hydrogen-bond donors (Lipinski definition) is 1. The van der Waals surface area contributed by atoms with Crippen molar-refractivity contribution in [2.24, 2.45) is 0 Å². The predicted molar refractivity (Wildman–Crippen MR) is 88.3 cm³/mol. The minimum absolute atomic E-state index is 0.0385. The summed E-state index contributed by atoms with van der Waals surface area (Å²) in [5.41, 5.74) is 1.80. The van der Waals surface area contributed by atoms with Crippen LogP contribution in [0.3, 0.4) is 0 Å². The van der Waals surface area contributed by atoms with Crippen LogP contribution in [0.1, 0.15) is 44.0 Å². The molecule has 3 rings (SSSR count). The maximum Gasteiger partial charge on any atom is 0.317 e. The molecule has 0 aromatic carbocycles. The van der Waals surface area contributed by atoms with Crippen LogP contribution < -0.4 is 5.32 Å². The molecule has 24 heavy (non-hydrogen) atoms. The zero-order valence-corrected chi connectivity index (χ0v) is 14.3. The Hall–Kier alpha value is -2.12. The van der Waals surface area contributed by atoms with Crippen molar-refractivity contribution in [3.8, 4) is 0 Å². The van der Waals surface area contributed by atoms with Gasteiger partial charge in [-0.1, -0.05) is 12.1 Å². The van der Waals surface area contributed by atoms with Crippen LogP contribution in [0.25, 0.3) is 0 Å². The number of likely N-dealkylation sites (tertiary alicyclic amines) is 1. The fourth-order valence-electron chi connectivity index (χ4n) is 3.26. The molecular weight excluding hydrogens is 308 g/mol. The van der Waals surface area contributed by atoms with Crippen molar-refractivity contribution in [2.75, 3.05) is 26.2 Å². The number of amides is 3. The molecule has 3 heterocycles. The number of nitrogens with zero attached hydrogens (tertiary/aromatic N) is 5. The van der Waals surface area contributed by atoms with E-state index >= 15 is 0 Å². The third kappa shape index (κ3) is 3.68. The normalized spacial score (nSPS) is 17.0. The summed E-state index contributed by atoms with van der Waals surface area (Å²) in [5.74, 6) is 0.197. The fourth-order valence-corrected chi connectivity index (χ4v) is 3.26. The van der Waals surface area contributed by atoms with Crippen LogP contribution >= 0.6 is 0 Å². The average Bonchev–Trinajstić information content (AvgIpc) is 3.26. The second-order valence-corrected chi connectivity index (χ2v) is 6.45. The highest BCUT2D eigenvalue weighted by atomic mass is 16.2. The molecule has 2 aliphatic heterocycles. The fraction of sp³-hybridized carbons (Fsp3) is 0.750. The number of fused-ring (bicyclic) bond motifs is 1. The van der Waals surface area contributed by atoms with Gasteiger partial charge in [-0.3, -0.25) is 4.79 Å². The van der Waals surface area contributed by atoms with Gasteiger partial charge in [0, 0.05) is 39.0 Å². The topological polar surface area (TPSA) is 83.4 Å². The Kier molecular flexibility index (Phi) is 5.32. The number of urea groups is 1. The number of hydrogen-bond acceptors (Lipinski definition) is 4. The van der Waals surface area contributed by atoms with Gasteiger partial charge in [-0.15, -0.1) is 5.10 Å². The molecule has 8 heteroatoms. The van der Waals surface area contributed by atoms with Crippen LogP contribution in [0.2, 0.25) is 0 Å². The molecule has 1 aromatic rings. The summed E-state index contributed by atoms with van der Waals surface area (Å²) in [6.07, 6.45) is 4.19. The predicted octanol–water partition coefficient (Wildman–Crippen LogP) is 0.768. The third-order valence-corrected chi connectivity index (χ3v) is 4.69. The molecule has 2 aliphatic rings. The molecule has 8 nitrogen and oxygen atoms in total. The van der Waals surface area contributed by atoms with Crippen LogP contribution in [0.5, 0.6) is 0 Å². The van der Waals surface area contributed by atoms with E-state index in [1.807, 2.05) is 16.5 Å². The minimum atomic E-state index is -0.0385. The maximum absolute atomic E-state index is 12.2. The first kappa shape index (κ1) is 16.7. The lowest BCUT2D eigenvalue weighted by atomic mass is 10.1. The summed E-state index contributed by atoms with van der Waals surface area (Å²) in [5, 5.41) is 11.3. The molecule has 1 N–H and O–H groups in total. The van der Waals surface area contributed by atoms with Crippen molar-refractivity contribution in [3.63, 3.8) is 0 Å². The Labute approximate surface area is 142 Å². The van der Waals surface area contributed by atoms with Crippen molar-refractivity contribution in [3.05, 3.63) is 11.4 Å². The molecule has 132 valence electrons. The molecule has 0 radical (unpaired) electrons. The standard InChI is InChI=1S/C16H26N6O2/c1-2-7-17-16(24)21-10-11-22-14(12-21)13(18-19-22)5-6-15(23)20-8-3-4-9-20/h2-12H2,1H3,(H,17,24). The zero-order chi connectivity index (χ0) is 16.9. The highest BCUT2D eigenvalue weighted by molar-refractivity contribution is 5.76. The summed E-state index contributed by atoms with van der Waals surface area (Å²) < 4.78 is 1.86. The highest BCUT2D eigenvalue weighted by Crippen LogP contribution is 2.17. The number of carbonyl (C=O) groups excluding carboxylic acids is 2. The van der Waals surface area contributed by atoms with Crippen molar-refractivity contribution in [1.29, 1.82) is 0 Å². The molecule has 0 bridgehead atoms. The smallest absolute Gasteiger partial charge is 0.317 e. The maximum atomic E-state index is 12.2. The molecule has 3 amide bonds. The Morgan fingerprint density at radius 2 is 1.92 bits per heavy atom. The van der Waals surface area contributed by atoms with Crippen molar-refractivity contribution in [1.82, 2.24) is 30.1 Å². The summed E-state index contributed by atoms with van der Waals surface area (Å²) in [6.45, 7) is 6.28. The third-order valence-electron chi connectivity index (χ3n) is 4.69. The van der Waals surface area contributed by atoms with Crippen LogP contribution in [-0.2, 0) is 24.3 Å². The Bertz CT molecular complexity index is 593. The van der Waals surface area contributed by atoms with Crippen LogP contribution in [0.15, 0.2) is 0 Å². The Morgan fingerprint density at radius 1 is 1.12 bits per heavy atom. The van der Waals surface area contributed by atoms with E-state index in [1.54, 1.807) is 4.90 Å². The Balaban J connectivity index is 1.58. The molecule has 1 fully saturated rings. The lowest BCUT2D eigenvalue weighted by Crippen LogP contribution is -2.44. The second kappa shape index (κ2) is 7.63. The van der Waals surface area contributed by atoms with Gasteiger partial charge < -0.3 is 15.1 Å². The minimum Gasteiger partial charge on any atom is -0.343 e. The molecule has 1 aromatic heterocycles. The van der Waals surface area contributed by atoms with Gasteiger partial charge in [0.25, 0.3) is 0 Å². The van der Waals surface area contributed by atoms with E-state index in [9.17, 15) is 9.59 Å². The van der Waals surface area contributed by atoms with E-state index in [0.717, 1.165) is 43.7 Å².